The number of amides is 1. The van der Waals surface area contributed by atoms with Gasteiger partial charge in [0.15, 0.2) is 5.76 Å². The molecule has 1 amide bonds. The maximum atomic E-state index is 11.9. The minimum Gasteiger partial charge on any atom is -0.459 e. The lowest BCUT2D eigenvalue weighted by atomic mass is 10.1. The summed E-state index contributed by atoms with van der Waals surface area (Å²) in [4.78, 5) is 11.9. The summed E-state index contributed by atoms with van der Waals surface area (Å²) >= 11 is 5.60. The smallest absolute Gasteiger partial charge is 0.287 e. The standard InChI is InChI=1S/C14H12ClNO2/c1-10(15)9-16-14(17)13-12(7-8-18-13)11-5-3-2-4-6-11/h2-8H,1,9H2,(H,16,17). The number of furan rings is 1. The molecule has 2 rings (SSSR count). The third-order valence-corrected chi connectivity index (χ3v) is 2.53. The highest BCUT2D eigenvalue weighted by atomic mass is 35.5. The van der Waals surface area contributed by atoms with Gasteiger partial charge in [-0.2, -0.15) is 0 Å². The average molecular weight is 262 g/mol. The van der Waals surface area contributed by atoms with Crippen LogP contribution in [-0.4, -0.2) is 12.5 Å². The summed E-state index contributed by atoms with van der Waals surface area (Å²) < 4.78 is 5.23. The van der Waals surface area contributed by atoms with Gasteiger partial charge in [-0.05, 0) is 11.6 Å². The summed E-state index contributed by atoms with van der Waals surface area (Å²) in [5, 5.41) is 3.00. The van der Waals surface area contributed by atoms with Crippen molar-refractivity contribution in [1.29, 1.82) is 0 Å². The Morgan fingerprint density at radius 3 is 2.67 bits per heavy atom. The number of carbonyl (C=O) groups excluding carboxylic acids is 1. The van der Waals surface area contributed by atoms with Crippen molar-refractivity contribution in [2.45, 2.75) is 0 Å². The van der Waals surface area contributed by atoms with E-state index in [2.05, 4.69) is 11.9 Å². The van der Waals surface area contributed by atoms with E-state index in [1.165, 1.54) is 6.26 Å². The molecule has 1 heterocycles. The first-order valence-electron chi connectivity index (χ1n) is 5.43. The first-order valence-corrected chi connectivity index (χ1v) is 5.80. The molecule has 0 unspecified atom stereocenters. The van der Waals surface area contributed by atoms with Gasteiger partial charge < -0.3 is 9.73 Å². The van der Waals surface area contributed by atoms with Gasteiger partial charge in [-0.15, -0.1) is 0 Å². The van der Waals surface area contributed by atoms with E-state index in [9.17, 15) is 4.79 Å². The molecular weight excluding hydrogens is 250 g/mol. The van der Waals surface area contributed by atoms with Crippen LogP contribution >= 0.6 is 11.6 Å². The van der Waals surface area contributed by atoms with Crippen LogP contribution in [-0.2, 0) is 0 Å². The second-order valence-corrected chi connectivity index (χ2v) is 4.26. The molecule has 0 saturated heterocycles. The molecule has 1 aromatic carbocycles. The Balaban J connectivity index is 2.23. The van der Waals surface area contributed by atoms with Crippen LogP contribution in [0.1, 0.15) is 10.6 Å². The first-order chi connectivity index (χ1) is 8.68. The van der Waals surface area contributed by atoms with Gasteiger partial charge in [-0.3, -0.25) is 4.79 Å². The monoisotopic (exact) mass is 261 g/mol. The van der Waals surface area contributed by atoms with Gasteiger partial charge in [-0.1, -0.05) is 48.5 Å². The van der Waals surface area contributed by atoms with Gasteiger partial charge in [0.1, 0.15) is 0 Å². The fourth-order valence-electron chi connectivity index (χ4n) is 1.59. The highest BCUT2D eigenvalue weighted by Crippen LogP contribution is 2.24. The van der Waals surface area contributed by atoms with Crippen LogP contribution in [0, 0.1) is 0 Å². The number of halogens is 1. The van der Waals surface area contributed by atoms with Crippen molar-refractivity contribution in [3.05, 3.63) is 60.0 Å². The second kappa shape index (κ2) is 5.56. The van der Waals surface area contributed by atoms with E-state index >= 15 is 0 Å². The van der Waals surface area contributed by atoms with Crippen molar-refractivity contribution in [1.82, 2.24) is 5.32 Å². The second-order valence-electron chi connectivity index (χ2n) is 3.73. The van der Waals surface area contributed by atoms with Gasteiger partial charge >= 0.3 is 0 Å². The predicted octanol–water partition coefficient (Wildman–Crippen LogP) is 3.43. The molecular formula is C14H12ClNO2. The highest BCUT2D eigenvalue weighted by Gasteiger charge is 2.16. The molecule has 0 aliphatic carbocycles. The van der Waals surface area contributed by atoms with Crippen LogP contribution < -0.4 is 5.32 Å². The van der Waals surface area contributed by atoms with Crippen molar-refractivity contribution < 1.29 is 9.21 Å². The van der Waals surface area contributed by atoms with Crippen molar-refractivity contribution >= 4 is 17.5 Å². The largest absolute Gasteiger partial charge is 0.459 e. The number of hydrogen-bond acceptors (Lipinski definition) is 2. The van der Waals surface area contributed by atoms with Crippen molar-refractivity contribution in [2.24, 2.45) is 0 Å². The Bertz CT molecular complexity index is 560. The average Bonchev–Trinajstić information content (AvgIpc) is 2.86. The summed E-state index contributed by atoms with van der Waals surface area (Å²) in [6, 6.07) is 11.3. The maximum Gasteiger partial charge on any atom is 0.287 e. The molecule has 0 aliphatic heterocycles. The molecule has 1 N–H and O–H groups in total. The minimum atomic E-state index is -0.305. The van der Waals surface area contributed by atoms with Gasteiger partial charge in [0, 0.05) is 10.6 Å². The topological polar surface area (TPSA) is 42.2 Å². The summed E-state index contributed by atoms with van der Waals surface area (Å²) in [7, 11) is 0. The first kappa shape index (κ1) is 12.5. The Morgan fingerprint density at radius 1 is 1.28 bits per heavy atom. The van der Waals surface area contributed by atoms with Crippen LogP contribution in [0.5, 0.6) is 0 Å². The van der Waals surface area contributed by atoms with E-state index in [0.717, 1.165) is 11.1 Å². The number of benzene rings is 1. The van der Waals surface area contributed by atoms with E-state index in [4.69, 9.17) is 16.0 Å². The third kappa shape index (κ3) is 2.81. The molecule has 4 heteroatoms. The molecule has 1 aromatic heterocycles. The molecule has 0 fully saturated rings. The van der Waals surface area contributed by atoms with Gasteiger partial charge in [0.2, 0.25) is 0 Å². The van der Waals surface area contributed by atoms with Crippen LogP contribution in [0.4, 0.5) is 0 Å². The Kier molecular flexibility index (Phi) is 3.85. The quantitative estimate of drug-likeness (QED) is 0.916. The lowest BCUT2D eigenvalue weighted by Gasteiger charge is -2.04. The Hall–Kier alpha value is -2.00. The minimum absolute atomic E-state index is 0.218. The van der Waals surface area contributed by atoms with E-state index in [-0.39, 0.29) is 18.2 Å². The molecule has 92 valence electrons. The van der Waals surface area contributed by atoms with Crippen molar-refractivity contribution in [2.75, 3.05) is 6.54 Å². The zero-order valence-corrected chi connectivity index (χ0v) is 10.4. The molecule has 2 aromatic rings. The number of nitrogens with one attached hydrogen (secondary N) is 1. The molecule has 3 nitrogen and oxygen atoms in total. The van der Waals surface area contributed by atoms with E-state index in [1.807, 2.05) is 30.3 Å². The zero-order chi connectivity index (χ0) is 13.0. The van der Waals surface area contributed by atoms with Gasteiger partial charge in [-0.25, -0.2) is 0 Å². The zero-order valence-electron chi connectivity index (χ0n) is 9.65. The fraction of sp³-hybridized carbons (Fsp3) is 0.0714. The number of hydrogen-bond donors (Lipinski definition) is 1. The molecule has 0 aliphatic rings. The third-order valence-electron chi connectivity index (χ3n) is 2.40. The van der Waals surface area contributed by atoms with Crippen LogP contribution in [0.25, 0.3) is 11.1 Å². The van der Waals surface area contributed by atoms with Crippen molar-refractivity contribution in [3.63, 3.8) is 0 Å². The van der Waals surface area contributed by atoms with Gasteiger partial charge in [0.25, 0.3) is 5.91 Å². The molecule has 0 radical (unpaired) electrons. The lowest BCUT2D eigenvalue weighted by Crippen LogP contribution is -2.24. The highest BCUT2D eigenvalue weighted by molar-refractivity contribution is 6.29. The SMILES string of the molecule is C=C(Cl)CNC(=O)c1occc1-c1ccccc1. The normalized spacial score (nSPS) is 10.1. The molecule has 18 heavy (non-hydrogen) atoms. The van der Waals surface area contributed by atoms with Gasteiger partial charge in [0.05, 0.1) is 12.8 Å². The summed E-state index contributed by atoms with van der Waals surface area (Å²) in [6.07, 6.45) is 1.49. The maximum absolute atomic E-state index is 11.9. The fourth-order valence-corrected chi connectivity index (χ4v) is 1.65. The number of carbonyl (C=O) groups is 1. The number of rotatable bonds is 4. The summed E-state index contributed by atoms with van der Waals surface area (Å²) in [5.74, 6) is -0.0280. The van der Waals surface area contributed by atoms with E-state index in [1.54, 1.807) is 6.07 Å². The van der Waals surface area contributed by atoms with Crippen LogP contribution in [0.3, 0.4) is 0 Å². The Labute approximate surface area is 110 Å². The predicted molar refractivity (Wildman–Crippen MR) is 71.5 cm³/mol. The molecule has 0 atom stereocenters. The lowest BCUT2D eigenvalue weighted by molar-refractivity contribution is 0.0931. The summed E-state index contributed by atoms with van der Waals surface area (Å²) in [6.45, 7) is 3.73. The van der Waals surface area contributed by atoms with Crippen molar-refractivity contribution in [3.8, 4) is 11.1 Å². The van der Waals surface area contributed by atoms with Crippen LogP contribution in [0.15, 0.2) is 58.7 Å². The summed E-state index contributed by atoms with van der Waals surface area (Å²) in [5.41, 5.74) is 1.69. The Morgan fingerprint density at radius 2 is 2.00 bits per heavy atom. The molecule has 0 spiro atoms. The van der Waals surface area contributed by atoms with E-state index < -0.39 is 0 Å². The molecule has 0 bridgehead atoms. The molecule has 0 saturated carbocycles. The van der Waals surface area contributed by atoms with Crippen LogP contribution in [0.2, 0.25) is 0 Å². The van der Waals surface area contributed by atoms with E-state index in [0.29, 0.717) is 5.03 Å².